The maximum Gasteiger partial charge on any atom is 0.168 e. The third kappa shape index (κ3) is 2.87. The van der Waals surface area contributed by atoms with E-state index in [0.29, 0.717) is 5.82 Å². The molecule has 0 unspecified atom stereocenters. The molecule has 0 aliphatic carbocycles. The fourth-order valence-electron chi connectivity index (χ4n) is 1.07. The second kappa shape index (κ2) is 4.85. The van der Waals surface area contributed by atoms with E-state index < -0.39 is 0 Å². The summed E-state index contributed by atoms with van der Waals surface area (Å²) in [6.07, 6.45) is 3.35. The summed E-state index contributed by atoms with van der Waals surface area (Å²) in [6.45, 7) is 0. The van der Waals surface area contributed by atoms with E-state index in [1.54, 1.807) is 24.5 Å². The monoisotopic (exact) mass is 198 g/mol. The first kappa shape index (κ1) is 9.33. The molecule has 2 rings (SSSR count). The smallest absolute Gasteiger partial charge is 0.168 e. The maximum absolute atomic E-state index is 4.03. The molecule has 0 spiro atoms. The standard InChI is InChI=1S/C11H10N4/c1-2-5-10(6-3-1)9-13-15-11-7-4-8-12-14-11/h1-9H,(H,14,15). The van der Waals surface area contributed by atoms with Crippen molar-refractivity contribution in [2.24, 2.45) is 5.10 Å². The first-order chi connectivity index (χ1) is 7.45. The lowest BCUT2D eigenvalue weighted by molar-refractivity contribution is 1.02. The Kier molecular flexibility index (Phi) is 3.02. The normalized spacial score (nSPS) is 10.4. The Bertz CT molecular complexity index is 425. The molecule has 1 N–H and O–H groups in total. The number of hydrogen-bond donors (Lipinski definition) is 1. The third-order valence-electron chi connectivity index (χ3n) is 1.76. The average molecular weight is 198 g/mol. The van der Waals surface area contributed by atoms with Crippen molar-refractivity contribution >= 4 is 12.0 Å². The van der Waals surface area contributed by atoms with Crippen LogP contribution in [-0.4, -0.2) is 16.4 Å². The van der Waals surface area contributed by atoms with Gasteiger partial charge in [0, 0.05) is 6.20 Å². The van der Waals surface area contributed by atoms with Crippen LogP contribution in [0.1, 0.15) is 5.56 Å². The van der Waals surface area contributed by atoms with Crippen molar-refractivity contribution in [3.05, 3.63) is 54.2 Å². The van der Waals surface area contributed by atoms with Crippen LogP contribution in [0.25, 0.3) is 0 Å². The summed E-state index contributed by atoms with van der Waals surface area (Å²) in [6, 6.07) is 13.4. The number of aromatic nitrogens is 2. The van der Waals surface area contributed by atoms with Crippen LogP contribution in [0.4, 0.5) is 5.82 Å². The van der Waals surface area contributed by atoms with Gasteiger partial charge in [-0.1, -0.05) is 30.3 Å². The lowest BCUT2D eigenvalue weighted by Crippen LogP contribution is -1.93. The molecule has 0 atom stereocenters. The molecule has 1 heterocycles. The lowest BCUT2D eigenvalue weighted by Gasteiger charge is -1.95. The van der Waals surface area contributed by atoms with Crippen LogP contribution in [0.5, 0.6) is 0 Å². The minimum Gasteiger partial charge on any atom is -0.260 e. The number of hydrogen-bond acceptors (Lipinski definition) is 4. The molecule has 4 heteroatoms. The molecule has 0 saturated heterocycles. The zero-order valence-electron chi connectivity index (χ0n) is 8.04. The van der Waals surface area contributed by atoms with E-state index in [0.717, 1.165) is 5.56 Å². The van der Waals surface area contributed by atoms with E-state index >= 15 is 0 Å². The Hall–Kier alpha value is -2.23. The second-order valence-electron chi connectivity index (χ2n) is 2.89. The van der Waals surface area contributed by atoms with Gasteiger partial charge in [-0.15, -0.1) is 5.10 Å². The molecule has 1 aromatic carbocycles. The van der Waals surface area contributed by atoms with E-state index in [2.05, 4.69) is 20.7 Å². The van der Waals surface area contributed by atoms with Gasteiger partial charge in [0.15, 0.2) is 5.82 Å². The molecule has 4 nitrogen and oxygen atoms in total. The van der Waals surface area contributed by atoms with E-state index in [-0.39, 0.29) is 0 Å². The molecule has 74 valence electrons. The molecule has 0 fully saturated rings. The SMILES string of the molecule is C(=NNc1cccnn1)c1ccccc1. The molecular formula is C11H10N4. The van der Waals surface area contributed by atoms with Crippen LogP contribution in [0.3, 0.4) is 0 Å². The number of hydrazone groups is 1. The second-order valence-corrected chi connectivity index (χ2v) is 2.89. The van der Waals surface area contributed by atoms with Crippen molar-refractivity contribution in [2.45, 2.75) is 0 Å². The van der Waals surface area contributed by atoms with Crippen LogP contribution < -0.4 is 5.43 Å². The number of anilines is 1. The highest BCUT2D eigenvalue weighted by Gasteiger charge is 1.87. The molecule has 1 aromatic heterocycles. The topological polar surface area (TPSA) is 50.2 Å². The molecular weight excluding hydrogens is 188 g/mol. The summed E-state index contributed by atoms with van der Waals surface area (Å²) >= 11 is 0. The summed E-state index contributed by atoms with van der Waals surface area (Å²) in [5, 5.41) is 11.6. The summed E-state index contributed by atoms with van der Waals surface area (Å²) in [5.41, 5.74) is 3.82. The Morgan fingerprint density at radius 1 is 1.07 bits per heavy atom. The van der Waals surface area contributed by atoms with Crippen molar-refractivity contribution in [1.29, 1.82) is 0 Å². The predicted octanol–water partition coefficient (Wildman–Crippen LogP) is 1.92. The van der Waals surface area contributed by atoms with E-state index in [1.807, 2.05) is 30.3 Å². The Morgan fingerprint density at radius 3 is 2.67 bits per heavy atom. The lowest BCUT2D eigenvalue weighted by atomic mass is 10.2. The van der Waals surface area contributed by atoms with Gasteiger partial charge < -0.3 is 0 Å². The van der Waals surface area contributed by atoms with E-state index in [9.17, 15) is 0 Å². The van der Waals surface area contributed by atoms with Crippen molar-refractivity contribution in [2.75, 3.05) is 5.43 Å². The molecule has 0 amide bonds. The number of nitrogens with zero attached hydrogens (tertiary/aromatic N) is 3. The average Bonchev–Trinajstić information content (AvgIpc) is 2.32. The third-order valence-corrected chi connectivity index (χ3v) is 1.76. The minimum absolute atomic E-state index is 0.629. The highest BCUT2D eigenvalue weighted by atomic mass is 15.3. The highest BCUT2D eigenvalue weighted by molar-refractivity contribution is 5.79. The summed E-state index contributed by atoms with van der Waals surface area (Å²) in [4.78, 5) is 0. The molecule has 15 heavy (non-hydrogen) atoms. The zero-order chi connectivity index (χ0) is 10.3. The predicted molar refractivity (Wildman–Crippen MR) is 59.7 cm³/mol. The largest absolute Gasteiger partial charge is 0.260 e. The Morgan fingerprint density at radius 2 is 1.93 bits per heavy atom. The van der Waals surface area contributed by atoms with Crippen molar-refractivity contribution < 1.29 is 0 Å². The first-order valence-corrected chi connectivity index (χ1v) is 4.57. The fourth-order valence-corrected chi connectivity index (χ4v) is 1.07. The Balaban J connectivity index is 1.97. The summed E-state index contributed by atoms with van der Waals surface area (Å²) in [5.74, 6) is 0.629. The van der Waals surface area contributed by atoms with Gasteiger partial charge in [0.1, 0.15) is 0 Å². The fraction of sp³-hybridized carbons (Fsp3) is 0. The van der Waals surface area contributed by atoms with E-state index in [1.165, 1.54) is 0 Å². The quantitative estimate of drug-likeness (QED) is 0.605. The maximum atomic E-state index is 4.03. The highest BCUT2D eigenvalue weighted by Crippen LogP contribution is 1.98. The number of benzene rings is 1. The number of rotatable bonds is 3. The van der Waals surface area contributed by atoms with Crippen molar-refractivity contribution in [3.8, 4) is 0 Å². The van der Waals surface area contributed by atoms with Crippen LogP contribution in [0.2, 0.25) is 0 Å². The molecule has 0 aliphatic heterocycles. The zero-order valence-corrected chi connectivity index (χ0v) is 8.04. The van der Waals surface area contributed by atoms with Gasteiger partial charge in [0.2, 0.25) is 0 Å². The Labute approximate surface area is 87.7 Å². The molecule has 0 aliphatic rings. The van der Waals surface area contributed by atoms with Crippen LogP contribution in [0.15, 0.2) is 53.8 Å². The van der Waals surface area contributed by atoms with Gasteiger partial charge in [0.05, 0.1) is 6.21 Å². The van der Waals surface area contributed by atoms with Gasteiger partial charge in [0.25, 0.3) is 0 Å². The van der Waals surface area contributed by atoms with Crippen LogP contribution in [-0.2, 0) is 0 Å². The molecule has 0 saturated carbocycles. The van der Waals surface area contributed by atoms with Crippen molar-refractivity contribution in [3.63, 3.8) is 0 Å². The van der Waals surface area contributed by atoms with Gasteiger partial charge >= 0.3 is 0 Å². The van der Waals surface area contributed by atoms with Gasteiger partial charge in [-0.25, -0.2) is 0 Å². The molecule has 2 aromatic rings. The van der Waals surface area contributed by atoms with Crippen molar-refractivity contribution in [1.82, 2.24) is 10.2 Å². The van der Waals surface area contributed by atoms with Gasteiger partial charge in [-0.05, 0) is 17.7 Å². The number of nitrogens with one attached hydrogen (secondary N) is 1. The van der Waals surface area contributed by atoms with Crippen LogP contribution in [0, 0.1) is 0 Å². The summed E-state index contributed by atoms with van der Waals surface area (Å²) < 4.78 is 0. The van der Waals surface area contributed by atoms with Gasteiger partial charge in [-0.2, -0.15) is 10.2 Å². The first-order valence-electron chi connectivity index (χ1n) is 4.57. The molecule has 0 radical (unpaired) electrons. The summed E-state index contributed by atoms with van der Waals surface area (Å²) in [7, 11) is 0. The molecule has 0 bridgehead atoms. The van der Waals surface area contributed by atoms with Crippen LogP contribution >= 0.6 is 0 Å². The minimum atomic E-state index is 0.629. The van der Waals surface area contributed by atoms with E-state index in [4.69, 9.17) is 0 Å². The van der Waals surface area contributed by atoms with Gasteiger partial charge in [-0.3, -0.25) is 5.43 Å².